The van der Waals surface area contributed by atoms with Gasteiger partial charge in [0.05, 0.1) is 0 Å². The third kappa shape index (κ3) is 3.45. The summed E-state index contributed by atoms with van der Waals surface area (Å²) in [6.45, 7) is 7.74. The van der Waals surface area contributed by atoms with E-state index in [1.54, 1.807) is 6.92 Å². The Balaban J connectivity index is 2.37. The summed E-state index contributed by atoms with van der Waals surface area (Å²) < 4.78 is 31.2. The molecule has 0 aromatic carbocycles. The minimum Gasteiger partial charge on any atom is -0.455 e. The van der Waals surface area contributed by atoms with Gasteiger partial charge in [0.25, 0.3) is 5.91 Å². The molecule has 23 heavy (non-hydrogen) atoms. The Morgan fingerprint density at radius 1 is 1.26 bits per heavy atom. The van der Waals surface area contributed by atoms with Crippen molar-refractivity contribution in [3.05, 3.63) is 17.6 Å². The molecule has 1 aliphatic rings. The van der Waals surface area contributed by atoms with E-state index in [4.69, 9.17) is 4.42 Å². The summed E-state index contributed by atoms with van der Waals surface area (Å²) in [6, 6.07) is 1.67. The molecule has 1 atom stereocenters. The fourth-order valence-electron chi connectivity index (χ4n) is 2.51. The predicted molar refractivity (Wildman–Crippen MR) is 87.8 cm³/mol. The number of nitrogens with zero attached hydrogens (tertiary/aromatic N) is 2. The first-order valence-corrected chi connectivity index (χ1v) is 9.37. The van der Waals surface area contributed by atoms with Crippen LogP contribution in [0.4, 0.5) is 0 Å². The normalized spacial score (nSPS) is 16.9. The SMILES string of the molecule is Cc1oc(C(=O)N(C2CC2)C(C)C(C)C)cc1S(=O)(=O)N(C)C. The van der Waals surface area contributed by atoms with Crippen molar-refractivity contribution in [2.24, 2.45) is 5.92 Å². The maximum absolute atomic E-state index is 12.9. The van der Waals surface area contributed by atoms with Gasteiger partial charge in [0, 0.05) is 32.2 Å². The van der Waals surface area contributed by atoms with Crippen LogP contribution in [0.5, 0.6) is 0 Å². The molecule has 1 fully saturated rings. The van der Waals surface area contributed by atoms with Crippen LogP contribution in [0, 0.1) is 12.8 Å². The van der Waals surface area contributed by atoms with Crippen molar-refractivity contribution < 1.29 is 17.6 Å². The molecule has 0 bridgehead atoms. The number of amides is 1. The number of hydrogen-bond acceptors (Lipinski definition) is 4. The predicted octanol–water partition coefficient (Wildman–Crippen LogP) is 2.49. The number of sulfonamides is 1. The van der Waals surface area contributed by atoms with Crippen LogP contribution in [-0.2, 0) is 10.0 Å². The number of aryl methyl sites for hydroxylation is 1. The van der Waals surface area contributed by atoms with E-state index in [1.807, 2.05) is 11.8 Å². The standard InChI is InChI=1S/C16H26N2O4S/c1-10(2)11(3)18(13-7-8-13)16(19)14-9-15(12(4)22-14)23(20,21)17(5)6/h9-11,13H,7-8H2,1-6H3. The lowest BCUT2D eigenvalue weighted by Gasteiger charge is -2.31. The monoisotopic (exact) mass is 342 g/mol. The second kappa shape index (κ2) is 6.28. The summed E-state index contributed by atoms with van der Waals surface area (Å²) in [6.07, 6.45) is 1.98. The van der Waals surface area contributed by atoms with Gasteiger partial charge in [0.1, 0.15) is 10.7 Å². The van der Waals surface area contributed by atoms with Crippen molar-refractivity contribution in [2.75, 3.05) is 14.1 Å². The Labute approximate surface area is 138 Å². The third-order valence-electron chi connectivity index (χ3n) is 4.42. The molecular weight excluding hydrogens is 316 g/mol. The van der Waals surface area contributed by atoms with Crippen LogP contribution in [-0.4, -0.2) is 49.7 Å². The van der Waals surface area contributed by atoms with Crippen LogP contribution >= 0.6 is 0 Å². The van der Waals surface area contributed by atoms with Crippen molar-refractivity contribution in [3.8, 4) is 0 Å². The molecule has 0 saturated heterocycles. The van der Waals surface area contributed by atoms with Gasteiger partial charge in [-0.1, -0.05) is 13.8 Å². The van der Waals surface area contributed by atoms with E-state index in [2.05, 4.69) is 13.8 Å². The Morgan fingerprint density at radius 2 is 1.83 bits per heavy atom. The van der Waals surface area contributed by atoms with Crippen molar-refractivity contribution in [1.29, 1.82) is 0 Å². The highest BCUT2D eigenvalue weighted by Crippen LogP contribution is 2.33. The lowest BCUT2D eigenvalue weighted by atomic mass is 10.0. The van der Waals surface area contributed by atoms with Gasteiger partial charge in [-0.05, 0) is 32.6 Å². The van der Waals surface area contributed by atoms with Crippen LogP contribution in [0.3, 0.4) is 0 Å². The van der Waals surface area contributed by atoms with Gasteiger partial charge < -0.3 is 9.32 Å². The fraction of sp³-hybridized carbons (Fsp3) is 0.688. The minimum absolute atomic E-state index is 0.0544. The number of furan rings is 1. The van der Waals surface area contributed by atoms with E-state index >= 15 is 0 Å². The Hall–Kier alpha value is -1.34. The molecule has 1 saturated carbocycles. The summed E-state index contributed by atoms with van der Waals surface area (Å²) in [4.78, 5) is 14.8. The van der Waals surface area contributed by atoms with E-state index in [1.165, 1.54) is 20.2 Å². The summed E-state index contributed by atoms with van der Waals surface area (Å²) in [5.74, 6) is 0.440. The van der Waals surface area contributed by atoms with Gasteiger partial charge in [-0.3, -0.25) is 4.79 Å². The smallest absolute Gasteiger partial charge is 0.290 e. The number of carbonyl (C=O) groups is 1. The molecule has 0 aliphatic heterocycles. The van der Waals surface area contributed by atoms with Gasteiger partial charge >= 0.3 is 0 Å². The largest absolute Gasteiger partial charge is 0.455 e. The highest BCUT2D eigenvalue weighted by atomic mass is 32.2. The van der Waals surface area contributed by atoms with E-state index < -0.39 is 10.0 Å². The van der Waals surface area contributed by atoms with Crippen LogP contribution < -0.4 is 0 Å². The Bertz CT molecular complexity index is 687. The molecule has 0 spiro atoms. The highest BCUT2D eigenvalue weighted by Gasteiger charge is 2.39. The zero-order valence-corrected chi connectivity index (χ0v) is 15.5. The zero-order valence-electron chi connectivity index (χ0n) is 14.7. The minimum atomic E-state index is -3.62. The van der Waals surface area contributed by atoms with Gasteiger partial charge in [-0.15, -0.1) is 0 Å². The molecule has 6 nitrogen and oxygen atoms in total. The summed E-state index contributed by atoms with van der Waals surface area (Å²) in [5, 5.41) is 0. The molecule has 1 aromatic rings. The molecule has 1 aromatic heterocycles. The number of carbonyl (C=O) groups excluding carboxylic acids is 1. The average molecular weight is 342 g/mol. The first-order chi connectivity index (χ1) is 10.6. The van der Waals surface area contributed by atoms with Crippen LogP contribution in [0.25, 0.3) is 0 Å². The Kier molecular flexibility index (Phi) is 4.92. The second-order valence-electron chi connectivity index (χ2n) is 6.75. The van der Waals surface area contributed by atoms with E-state index in [0.29, 0.717) is 5.92 Å². The lowest BCUT2D eigenvalue weighted by Crippen LogP contribution is -2.43. The maximum atomic E-state index is 12.9. The first kappa shape index (κ1) is 18.0. The zero-order chi connectivity index (χ0) is 17.5. The van der Waals surface area contributed by atoms with E-state index in [0.717, 1.165) is 17.1 Å². The van der Waals surface area contributed by atoms with Crippen LogP contribution in [0.1, 0.15) is 49.9 Å². The molecular formula is C16H26N2O4S. The van der Waals surface area contributed by atoms with Gasteiger partial charge in [0.2, 0.25) is 10.0 Å². The highest BCUT2D eigenvalue weighted by molar-refractivity contribution is 7.89. The van der Waals surface area contributed by atoms with Crippen molar-refractivity contribution in [3.63, 3.8) is 0 Å². The molecule has 1 amide bonds. The molecule has 130 valence electrons. The number of rotatable bonds is 6. The topological polar surface area (TPSA) is 70.8 Å². The molecule has 1 aliphatic carbocycles. The average Bonchev–Trinajstić information content (AvgIpc) is 3.19. The van der Waals surface area contributed by atoms with Crippen LogP contribution in [0.15, 0.2) is 15.4 Å². The van der Waals surface area contributed by atoms with E-state index in [9.17, 15) is 13.2 Å². The first-order valence-electron chi connectivity index (χ1n) is 7.93. The number of hydrogen-bond donors (Lipinski definition) is 0. The van der Waals surface area contributed by atoms with Gasteiger partial charge in [0.15, 0.2) is 5.76 Å². The molecule has 2 rings (SSSR count). The molecule has 1 unspecified atom stereocenters. The quantitative estimate of drug-likeness (QED) is 0.796. The fourth-order valence-corrected chi connectivity index (χ4v) is 3.56. The Morgan fingerprint density at radius 3 is 2.26 bits per heavy atom. The summed E-state index contributed by atoms with van der Waals surface area (Å²) in [5.41, 5.74) is 0. The maximum Gasteiger partial charge on any atom is 0.290 e. The molecule has 0 N–H and O–H groups in total. The second-order valence-corrected chi connectivity index (χ2v) is 8.87. The summed E-state index contributed by atoms with van der Waals surface area (Å²) in [7, 11) is -0.700. The van der Waals surface area contributed by atoms with Crippen molar-refractivity contribution in [1.82, 2.24) is 9.21 Å². The van der Waals surface area contributed by atoms with Gasteiger partial charge in [-0.2, -0.15) is 0 Å². The summed E-state index contributed by atoms with van der Waals surface area (Å²) >= 11 is 0. The van der Waals surface area contributed by atoms with Gasteiger partial charge in [-0.25, -0.2) is 12.7 Å². The van der Waals surface area contributed by atoms with Crippen LogP contribution in [0.2, 0.25) is 0 Å². The molecule has 7 heteroatoms. The van der Waals surface area contributed by atoms with Crippen molar-refractivity contribution in [2.45, 2.75) is 57.5 Å². The van der Waals surface area contributed by atoms with E-state index in [-0.39, 0.29) is 34.4 Å². The lowest BCUT2D eigenvalue weighted by molar-refractivity contribution is 0.0593. The molecule has 1 heterocycles. The third-order valence-corrected chi connectivity index (χ3v) is 6.34. The van der Waals surface area contributed by atoms with Crippen molar-refractivity contribution >= 4 is 15.9 Å². The molecule has 0 radical (unpaired) electrons.